The van der Waals surface area contributed by atoms with Crippen molar-refractivity contribution < 1.29 is 4.79 Å². The van der Waals surface area contributed by atoms with Gasteiger partial charge in [-0.25, -0.2) is 0 Å². The molecule has 3 N–H and O–H groups in total. The van der Waals surface area contributed by atoms with Crippen LogP contribution < -0.4 is 11.1 Å². The Kier molecular flexibility index (Phi) is 10.2. The normalized spacial score (nSPS) is 35.1. The summed E-state index contributed by atoms with van der Waals surface area (Å²) in [6, 6.07) is 10.9. The molecular formula is C28H48N2O. The number of nitrogens with one attached hydrogen (secondary N) is 1. The fourth-order valence-corrected chi connectivity index (χ4v) is 6.53. The lowest BCUT2D eigenvalue weighted by atomic mass is 9.48. The summed E-state index contributed by atoms with van der Waals surface area (Å²) in [4.78, 5) is 11.7. The maximum absolute atomic E-state index is 11.7. The summed E-state index contributed by atoms with van der Waals surface area (Å²) in [7, 11) is 3.75. The van der Waals surface area contributed by atoms with Crippen molar-refractivity contribution in [3.63, 3.8) is 0 Å². The van der Waals surface area contributed by atoms with Gasteiger partial charge in [0.2, 0.25) is 0 Å². The van der Waals surface area contributed by atoms with Crippen LogP contribution in [0.3, 0.4) is 0 Å². The molecule has 0 saturated heterocycles. The van der Waals surface area contributed by atoms with Crippen LogP contribution in [0.2, 0.25) is 0 Å². The summed E-state index contributed by atoms with van der Waals surface area (Å²) < 4.78 is 0. The van der Waals surface area contributed by atoms with E-state index in [1.807, 2.05) is 14.1 Å². The molecule has 4 rings (SSSR count). The van der Waals surface area contributed by atoms with Crippen LogP contribution in [0.1, 0.15) is 84.1 Å². The molecule has 0 aliphatic heterocycles. The molecule has 5 atom stereocenters. The highest BCUT2D eigenvalue weighted by Gasteiger charge is 2.52. The van der Waals surface area contributed by atoms with E-state index >= 15 is 0 Å². The standard InChI is InChI=1S/C19H26O.C7H15N.C2H7N/c1-14-9-19(17-7-5-4-6-8-17)11-16(15(14)2)10-18(3,12-19)13-20;8-6-7-4-2-1-3-5-7;1-3-2/h4-8,13-16H,9-12H2,1-3H3;7H,1-6,8H2;3H,1-2H3. The van der Waals surface area contributed by atoms with Crippen LogP contribution in [-0.2, 0) is 10.2 Å². The molecule has 3 heteroatoms. The second kappa shape index (κ2) is 12.2. The average Bonchev–Trinajstić information content (AvgIpc) is 2.79. The molecule has 1 aromatic rings. The quantitative estimate of drug-likeness (QED) is 0.583. The molecule has 1 aromatic carbocycles. The smallest absolute Gasteiger partial charge is 0.125 e. The van der Waals surface area contributed by atoms with Gasteiger partial charge in [0.15, 0.2) is 0 Å². The van der Waals surface area contributed by atoms with Gasteiger partial charge in [0.1, 0.15) is 6.29 Å². The Balaban J connectivity index is 0.000000258. The third-order valence-electron chi connectivity index (χ3n) is 8.21. The predicted octanol–water partition coefficient (Wildman–Crippen LogP) is 5.97. The van der Waals surface area contributed by atoms with E-state index in [0.29, 0.717) is 5.92 Å². The molecule has 0 aromatic heterocycles. The Morgan fingerprint density at radius 3 is 2.16 bits per heavy atom. The van der Waals surface area contributed by atoms with Crippen molar-refractivity contribution >= 4 is 6.29 Å². The highest BCUT2D eigenvalue weighted by atomic mass is 16.1. The number of carbonyl (C=O) groups is 1. The summed E-state index contributed by atoms with van der Waals surface area (Å²) in [5, 5.41) is 2.75. The van der Waals surface area contributed by atoms with Gasteiger partial charge in [-0.1, -0.05) is 70.4 Å². The van der Waals surface area contributed by atoms with Gasteiger partial charge in [-0.05, 0) is 93.8 Å². The SMILES string of the molecule is CC1CC2(c3ccccc3)CC(CC(C)(C=O)C2)C1C.CNC.NCC1CCCCC1. The fourth-order valence-electron chi connectivity index (χ4n) is 6.53. The van der Waals surface area contributed by atoms with Crippen LogP contribution in [-0.4, -0.2) is 26.9 Å². The topological polar surface area (TPSA) is 55.1 Å². The van der Waals surface area contributed by atoms with Gasteiger partial charge in [0.05, 0.1) is 0 Å². The Bertz CT molecular complexity index is 638. The van der Waals surface area contributed by atoms with Crippen LogP contribution in [0.5, 0.6) is 0 Å². The second-order valence-corrected chi connectivity index (χ2v) is 11.0. The molecule has 176 valence electrons. The summed E-state index contributed by atoms with van der Waals surface area (Å²) in [6.07, 6.45) is 12.9. The van der Waals surface area contributed by atoms with Crippen LogP contribution in [0, 0.1) is 29.1 Å². The van der Waals surface area contributed by atoms with Gasteiger partial charge in [0, 0.05) is 5.41 Å². The molecule has 3 fully saturated rings. The Hall–Kier alpha value is -1.19. The highest BCUT2D eigenvalue weighted by Crippen LogP contribution is 2.59. The molecule has 0 radical (unpaired) electrons. The third kappa shape index (κ3) is 6.89. The number of hydrogen-bond donors (Lipinski definition) is 2. The molecule has 5 unspecified atom stereocenters. The summed E-state index contributed by atoms with van der Waals surface area (Å²) >= 11 is 0. The van der Waals surface area contributed by atoms with Crippen LogP contribution >= 0.6 is 0 Å². The zero-order chi connectivity index (χ0) is 22.9. The number of carbonyl (C=O) groups excluding carboxylic acids is 1. The Morgan fingerprint density at radius 1 is 1.03 bits per heavy atom. The minimum atomic E-state index is -0.132. The van der Waals surface area contributed by atoms with E-state index in [-0.39, 0.29) is 10.8 Å². The van der Waals surface area contributed by atoms with Gasteiger partial charge in [-0.3, -0.25) is 0 Å². The highest BCUT2D eigenvalue weighted by molar-refractivity contribution is 5.60. The van der Waals surface area contributed by atoms with Crippen LogP contribution in [0.25, 0.3) is 0 Å². The lowest BCUT2D eigenvalue weighted by Crippen LogP contribution is -2.50. The van der Waals surface area contributed by atoms with Crippen molar-refractivity contribution in [3.05, 3.63) is 35.9 Å². The average molecular weight is 429 g/mol. The van der Waals surface area contributed by atoms with Crippen molar-refractivity contribution in [2.24, 2.45) is 34.8 Å². The largest absolute Gasteiger partial charge is 0.330 e. The molecular weight excluding hydrogens is 380 g/mol. The van der Waals surface area contributed by atoms with Crippen molar-refractivity contribution in [3.8, 4) is 0 Å². The second-order valence-electron chi connectivity index (χ2n) is 11.0. The first kappa shape index (κ1) is 26.1. The lowest BCUT2D eigenvalue weighted by Gasteiger charge is -2.56. The van der Waals surface area contributed by atoms with Crippen molar-refractivity contribution in [2.45, 2.75) is 84.0 Å². The molecule has 0 spiro atoms. The zero-order valence-corrected chi connectivity index (χ0v) is 20.8. The van der Waals surface area contributed by atoms with Gasteiger partial charge in [0.25, 0.3) is 0 Å². The zero-order valence-electron chi connectivity index (χ0n) is 20.8. The molecule has 3 nitrogen and oxygen atoms in total. The Morgan fingerprint density at radius 2 is 1.65 bits per heavy atom. The van der Waals surface area contributed by atoms with E-state index in [9.17, 15) is 4.79 Å². The number of aldehydes is 1. The molecule has 0 amide bonds. The van der Waals surface area contributed by atoms with Gasteiger partial charge in [-0.2, -0.15) is 0 Å². The first-order valence-corrected chi connectivity index (χ1v) is 12.6. The van der Waals surface area contributed by atoms with Crippen LogP contribution in [0.4, 0.5) is 0 Å². The van der Waals surface area contributed by atoms with E-state index in [2.05, 4.69) is 56.4 Å². The lowest BCUT2D eigenvalue weighted by molar-refractivity contribution is -0.122. The number of rotatable bonds is 3. The first-order valence-electron chi connectivity index (χ1n) is 12.6. The maximum atomic E-state index is 11.7. The number of hydrogen-bond acceptors (Lipinski definition) is 3. The van der Waals surface area contributed by atoms with Crippen molar-refractivity contribution in [1.29, 1.82) is 0 Å². The van der Waals surface area contributed by atoms with Crippen molar-refractivity contribution in [1.82, 2.24) is 5.32 Å². The molecule has 3 aliphatic rings. The van der Waals surface area contributed by atoms with E-state index in [1.54, 1.807) is 0 Å². The van der Waals surface area contributed by atoms with Gasteiger partial charge < -0.3 is 15.8 Å². The van der Waals surface area contributed by atoms with E-state index in [1.165, 1.54) is 56.8 Å². The van der Waals surface area contributed by atoms with E-state index in [4.69, 9.17) is 5.73 Å². The molecule has 2 bridgehead atoms. The summed E-state index contributed by atoms with van der Waals surface area (Å²) in [5.41, 5.74) is 7.05. The summed E-state index contributed by atoms with van der Waals surface area (Å²) in [6.45, 7) is 7.88. The van der Waals surface area contributed by atoms with Gasteiger partial charge in [-0.15, -0.1) is 0 Å². The first-order chi connectivity index (χ1) is 14.8. The number of nitrogens with two attached hydrogens (primary N) is 1. The monoisotopic (exact) mass is 428 g/mol. The minimum Gasteiger partial charge on any atom is -0.330 e. The molecule has 3 saturated carbocycles. The Labute approximate surface area is 192 Å². The molecule has 31 heavy (non-hydrogen) atoms. The third-order valence-corrected chi connectivity index (χ3v) is 8.21. The summed E-state index contributed by atoms with van der Waals surface area (Å²) in [5.74, 6) is 3.06. The van der Waals surface area contributed by atoms with Gasteiger partial charge >= 0.3 is 0 Å². The van der Waals surface area contributed by atoms with Crippen molar-refractivity contribution in [2.75, 3.05) is 20.6 Å². The maximum Gasteiger partial charge on any atom is 0.125 e. The van der Waals surface area contributed by atoms with E-state index < -0.39 is 0 Å². The minimum absolute atomic E-state index is 0.132. The predicted molar refractivity (Wildman–Crippen MR) is 133 cm³/mol. The van der Waals surface area contributed by atoms with Crippen LogP contribution in [0.15, 0.2) is 30.3 Å². The number of fused-ring (bicyclic) bond motifs is 2. The fraction of sp³-hybridized carbons (Fsp3) is 0.750. The number of benzene rings is 1. The molecule has 3 aliphatic carbocycles. The van der Waals surface area contributed by atoms with E-state index in [0.717, 1.165) is 37.1 Å². The molecule has 0 heterocycles.